The number of rotatable bonds is 6. The van der Waals surface area contributed by atoms with Gasteiger partial charge >= 0.3 is 6.09 Å². The van der Waals surface area contributed by atoms with E-state index in [1.807, 2.05) is 75.4 Å². The zero-order valence-electron chi connectivity index (χ0n) is 17.1. The van der Waals surface area contributed by atoms with E-state index in [1.54, 1.807) is 0 Å². The van der Waals surface area contributed by atoms with Crippen LogP contribution in [-0.2, 0) is 4.74 Å². The summed E-state index contributed by atoms with van der Waals surface area (Å²) in [5.41, 5.74) is 0.215. The van der Waals surface area contributed by atoms with Gasteiger partial charge in [0.2, 0.25) is 0 Å². The molecule has 1 fully saturated rings. The SMILES string of the molecule is CC(Nc1ccc(Oc2ccccc2)cc1)C1(NC(=O)OC(C)(C)C)CCC1. The van der Waals surface area contributed by atoms with Gasteiger partial charge in [0, 0.05) is 11.7 Å². The summed E-state index contributed by atoms with van der Waals surface area (Å²) in [7, 11) is 0. The van der Waals surface area contributed by atoms with Crippen LogP contribution in [0.3, 0.4) is 0 Å². The Balaban J connectivity index is 1.59. The molecule has 0 radical (unpaired) electrons. The lowest BCUT2D eigenvalue weighted by Gasteiger charge is -2.47. The molecule has 5 heteroatoms. The molecule has 0 saturated heterocycles. The fourth-order valence-corrected chi connectivity index (χ4v) is 3.36. The van der Waals surface area contributed by atoms with Gasteiger partial charge in [-0.3, -0.25) is 0 Å². The van der Waals surface area contributed by atoms with Crippen LogP contribution in [0.2, 0.25) is 0 Å². The van der Waals surface area contributed by atoms with Crippen LogP contribution in [0.4, 0.5) is 10.5 Å². The minimum absolute atomic E-state index is 0.0784. The third kappa shape index (κ3) is 5.18. The van der Waals surface area contributed by atoms with Crippen molar-refractivity contribution < 1.29 is 14.3 Å². The Bertz CT molecular complexity index is 778. The summed E-state index contributed by atoms with van der Waals surface area (Å²) in [6.07, 6.45) is 2.63. The fraction of sp³-hybridized carbons (Fsp3) is 0.435. The Hall–Kier alpha value is -2.69. The molecule has 28 heavy (non-hydrogen) atoms. The molecule has 150 valence electrons. The molecule has 0 spiro atoms. The second kappa shape index (κ2) is 8.13. The lowest BCUT2D eigenvalue weighted by Crippen LogP contribution is -2.62. The maximum absolute atomic E-state index is 12.3. The molecule has 3 rings (SSSR count). The van der Waals surface area contributed by atoms with Gasteiger partial charge in [-0.25, -0.2) is 4.79 Å². The number of hydrogen-bond donors (Lipinski definition) is 2. The first-order valence-electron chi connectivity index (χ1n) is 9.86. The van der Waals surface area contributed by atoms with Crippen molar-refractivity contribution in [3.05, 3.63) is 54.6 Å². The van der Waals surface area contributed by atoms with Gasteiger partial charge in [0.05, 0.1) is 5.54 Å². The first-order valence-corrected chi connectivity index (χ1v) is 9.86. The van der Waals surface area contributed by atoms with E-state index >= 15 is 0 Å². The molecule has 5 nitrogen and oxygen atoms in total. The van der Waals surface area contributed by atoms with Crippen LogP contribution in [0.5, 0.6) is 11.5 Å². The number of ether oxygens (including phenoxy) is 2. The first kappa shape index (κ1) is 20.1. The highest BCUT2D eigenvalue weighted by atomic mass is 16.6. The fourth-order valence-electron chi connectivity index (χ4n) is 3.36. The Kier molecular flexibility index (Phi) is 5.82. The van der Waals surface area contributed by atoms with Gasteiger partial charge in [-0.1, -0.05) is 18.2 Å². The predicted molar refractivity (Wildman–Crippen MR) is 112 cm³/mol. The van der Waals surface area contributed by atoms with Crippen molar-refractivity contribution >= 4 is 11.8 Å². The Morgan fingerprint density at radius 1 is 1.00 bits per heavy atom. The zero-order chi connectivity index (χ0) is 20.2. The molecule has 1 saturated carbocycles. The number of benzene rings is 2. The van der Waals surface area contributed by atoms with Gasteiger partial charge in [0.1, 0.15) is 17.1 Å². The first-order chi connectivity index (χ1) is 13.3. The van der Waals surface area contributed by atoms with Crippen LogP contribution >= 0.6 is 0 Å². The van der Waals surface area contributed by atoms with Crippen molar-refractivity contribution in [1.29, 1.82) is 0 Å². The summed E-state index contributed by atoms with van der Waals surface area (Å²) in [6, 6.07) is 17.7. The van der Waals surface area contributed by atoms with Gasteiger partial charge < -0.3 is 20.1 Å². The van der Waals surface area contributed by atoms with Gasteiger partial charge in [0.25, 0.3) is 0 Å². The normalized spacial score (nSPS) is 16.4. The molecule has 1 amide bonds. The molecule has 1 aliphatic carbocycles. The number of amides is 1. The molecule has 0 aromatic heterocycles. The van der Waals surface area contributed by atoms with E-state index in [1.165, 1.54) is 0 Å². The Labute approximate surface area is 167 Å². The third-order valence-corrected chi connectivity index (χ3v) is 5.04. The standard InChI is InChI=1S/C23H30N2O3/c1-17(23(15-8-16-23)25-21(26)28-22(2,3)4)24-18-11-13-20(14-12-18)27-19-9-6-5-7-10-19/h5-7,9-14,17,24H,8,15-16H2,1-4H3,(H,25,26). The van der Waals surface area contributed by atoms with E-state index in [-0.39, 0.29) is 17.7 Å². The van der Waals surface area contributed by atoms with Crippen molar-refractivity contribution in [1.82, 2.24) is 5.32 Å². The monoisotopic (exact) mass is 382 g/mol. The summed E-state index contributed by atoms with van der Waals surface area (Å²) in [4.78, 5) is 12.3. The number of carbonyl (C=O) groups is 1. The molecule has 1 atom stereocenters. The predicted octanol–water partition coefficient (Wildman–Crippen LogP) is 5.73. The van der Waals surface area contributed by atoms with E-state index in [0.29, 0.717) is 0 Å². The maximum atomic E-state index is 12.3. The van der Waals surface area contributed by atoms with Crippen LogP contribution in [0.1, 0.15) is 47.0 Å². The summed E-state index contributed by atoms with van der Waals surface area (Å²) in [5, 5.41) is 6.62. The van der Waals surface area contributed by atoms with Gasteiger partial charge in [-0.2, -0.15) is 0 Å². The van der Waals surface area contributed by atoms with E-state index in [2.05, 4.69) is 17.6 Å². The molecule has 2 N–H and O–H groups in total. The van der Waals surface area contributed by atoms with Gasteiger partial charge in [0.15, 0.2) is 0 Å². The van der Waals surface area contributed by atoms with Crippen molar-refractivity contribution in [3.63, 3.8) is 0 Å². The molecule has 1 aliphatic rings. The van der Waals surface area contributed by atoms with Crippen molar-refractivity contribution in [2.75, 3.05) is 5.32 Å². The number of hydrogen-bond acceptors (Lipinski definition) is 4. The Morgan fingerprint density at radius 2 is 1.61 bits per heavy atom. The average molecular weight is 383 g/mol. The molecule has 0 aliphatic heterocycles. The van der Waals surface area contributed by atoms with Crippen LogP contribution in [0.15, 0.2) is 54.6 Å². The summed E-state index contributed by atoms with van der Waals surface area (Å²) in [6.45, 7) is 7.73. The number of carbonyl (C=O) groups excluding carboxylic acids is 1. The summed E-state index contributed by atoms with van der Waals surface area (Å²) in [5.74, 6) is 1.60. The van der Waals surface area contributed by atoms with Crippen molar-refractivity contribution in [3.8, 4) is 11.5 Å². The van der Waals surface area contributed by atoms with Crippen molar-refractivity contribution in [2.45, 2.75) is 64.1 Å². The highest BCUT2D eigenvalue weighted by Crippen LogP contribution is 2.37. The van der Waals surface area contributed by atoms with Crippen LogP contribution in [0.25, 0.3) is 0 Å². The van der Waals surface area contributed by atoms with Crippen LogP contribution < -0.4 is 15.4 Å². The van der Waals surface area contributed by atoms with E-state index in [0.717, 1.165) is 36.4 Å². The second-order valence-corrected chi connectivity index (χ2v) is 8.44. The molecule has 1 unspecified atom stereocenters. The summed E-state index contributed by atoms with van der Waals surface area (Å²) >= 11 is 0. The smallest absolute Gasteiger partial charge is 0.408 e. The highest BCUT2D eigenvalue weighted by Gasteiger charge is 2.44. The molecule has 2 aromatic rings. The minimum atomic E-state index is -0.500. The van der Waals surface area contributed by atoms with E-state index in [4.69, 9.17) is 9.47 Å². The van der Waals surface area contributed by atoms with Gasteiger partial charge in [-0.05, 0) is 83.4 Å². The van der Waals surface area contributed by atoms with Crippen LogP contribution in [0, 0.1) is 0 Å². The minimum Gasteiger partial charge on any atom is -0.457 e. The topological polar surface area (TPSA) is 59.6 Å². The van der Waals surface area contributed by atoms with Gasteiger partial charge in [-0.15, -0.1) is 0 Å². The lowest BCUT2D eigenvalue weighted by molar-refractivity contribution is 0.0362. The van der Waals surface area contributed by atoms with E-state index in [9.17, 15) is 4.79 Å². The zero-order valence-corrected chi connectivity index (χ0v) is 17.1. The third-order valence-electron chi connectivity index (χ3n) is 5.04. The Morgan fingerprint density at radius 3 is 2.14 bits per heavy atom. The van der Waals surface area contributed by atoms with E-state index < -0.39 is 5.60 Å². The highest BCUT2D eigenvalue weighted by molar-refractivity contribution is 5.69. The molecule has 2 aromatic carbocycles. The average Bonchev–Trinajstić information content (AvgIpc) is 2.59. The quantitative estimate of drug-likeness (QED) is 0.670. The summed E-state index contributed by atoms with van der Waals surface area (Å²) < 4.78 is 11.3. The lowest BCUT2D eigenvalue weighted by atomic mass is 9.72. The number of para-hydroxylation sites is 1. The van der Waals surface area contributed by atoms with Crippen LogP contribution in [-0.4, -0.2) is 23.3 Å². The number of nitrogens with one attached hydrogen (secondary N) is 2. The molecule has 0 heterocycles. The molecule has 0 bridgehead atoms. The number of anilines is 1. The second-order valence-electron chi connectivity index (χ2n) is 8.44. The van der Waals surface area contributed by atoms with Crippen molar-refractivity contribution in [2.24, 2.45) is 0 Å². The molecular weight excluding hydrogens is 352 g/mol. The largest absolute Gasteiger partial charge is 0.457 e. The number of alkyl carbamates (subject to hydrolysis) is 1. The molecular formula is C23H30N2O3. The maximum Gasteiger partial charge on any atom is 0.408 e.